The van der Waals surface area contributed by atoms with Crippen LogP contribution in [0.1, 0.15) is 24.0 Å². The minimum atomic E-state index is -0.799. The molecular formula is C23H26N4O3. The number of nitrogens with zero attached hydrogens (tertiary/aromatic N) is 1. The molecule has 2 aromatic rings. The van der Waals surface area contributed by atoms with Crippen LogP contribution >= 0.6 is 0 Å². The Morgan fingerprint density at radius 3 is 2.60 bits per heavy atom. The fraction of sp³-hybridized carbons (Fsp3) is 0.348. The zero-order chi connectivity index (χ0) is 21.1. The number of piperidine rings is 1. The van der Waals surface area contributed by atoms with Crippen molar-refractivity contribution in [1.82, 2.24) is 4.90 Å². The number of rotatable bonds is 9. The highest BCUT2D eigenvalue weighted by molar-refractivity contribution is 6.44. The Hall–Kier alpha value is -3.19. The van der Waals surface area contributed by atoms with Gasteiger partial charge in [-0.25, -0.2) is 0 Å². The summed E-state index contributed by atoms with van der Waals surface area (Å²) in [6.45, 7) is 1.16. The van der Waals surface area contributed by atoms with E-state index in [2.05, 4.69) is 5.32 Å². The molecule has 0 radical (unpaired) electrons. The molecule has 1 heterocycles. The minimum absolute atomic E-state index is 0.00807. The smallest absolute Gasteiger partial charge is 0.267 e. The van der Waals surface area contributed by atoms with Crippen molar-refractivity contribution in [2.45, 2.75) is 31.5 Å². The van der Waals surface area contributed by atoms with E-state index in [1.807, 2.05) is 35.2 Å². The van der Waals surface area contributed by atoms with E-state index in [1.54, 1.807) is 24.3 Å². The highest BCUT2D eigenvalue weighted by Crippen LogP contribution is 2.47. The number of anilines is 1. The Kier molecular flexibility index (Phi) is 5.81. The third kappa shape index (κ3) is 4.36. The maximum absolute atomic E-state index is 13.0. The van der Waals surface area contributed by atoms with E-state index >= 15 is 0 Å². The first kappa shape index (κ1) is 20.1. The fourth-order valence-corrected chi connectivity index (χ4v) is 4.23. The first-order chi connectivity index (χ1) is 14.5. The molecule has 0 bridgehead atoms. The summed E-state index contributed by atoms with van der Waals surface area (Å²) in [5.74, 6) is -0.213. The second-order valence-electron chi connectivity index (χ2n) is 7.89. The van der Waals surface area contributed by atoms with Crippen molar-refractivity contribution in [3.05, 3.63) is 65.7 Å². The first-order valence-corrected chi connectivity index (χ1v) is 10.2. The molecule has 3 unspecified atom stereocenters. The molecule has 2 aliphatic rings. The highest BCUT2D eigenvalue weighted by atomic mass is 16.5. The number of ether oxygens (including phenoxy) is 1. The van der Waals surface area contributed by atoms with Gasteiger partial charge in [0.05, 0.1) is 25.8 Å². The average Bonchev–Trinajstić information content (AvgIpc) is 3.42. The summed E-state index contributed by atoms with van der Waals surface area (Å²) in [5, 5.41) is 11.0. The standard InChI is InChI=1S/C23H26N4O3/c24-22(23(25)29)18-8-4-5-9-19(18)26-12-21(28)27-17(10-16-11-20(16)27)14-30-13-15-6-2-1-3-7-15/h1-9,16-17,20,24,26H,10-14H2,(H2,25,29). The van der Waals surface area contributed by atoms with Crippen LogP contribution in [-0.4, -0.2) is 47.7 Å². The quantitative estimate of drug-likeness (QED) is 0.555. The Bertz CT molecular complexity index is 946. The lowest BCUT2D eigenvalue weighted by Gasteiger charge is -2.28. The van der Waals surface area contributed by atoms with Gasteiger partial charge in [0.1, 0.15) is 5.71 Å². The monoisotopic (exact) mass is 406 g/mol. The maximum Gasteiger partial charge on any atom is 0.267 e. The number of carbonyl (C=O) groups is 2. The van der Waals surface area contributed by atoms with Gasteiger partial charge in [0.25, 0.3) is 5.91 Å². The molecule has 2 amide bonds. The van der Waals surface area contributed by atoms with Crippen LogP contribution in [0.5, 0.6) is 0 Å². The lowest BCUT2D eigenvalue weighted by Crippen LogP contribution is -2.43. The predicted molar refractivity (Wildman–Crippen MR) is 114 cm³/mol. The molecule has 156 valence electrons. The van der Waals surface area contributed by atoms with Gasteiger partial charge in [-0.05, 0) is 30.4 Å². The number of primary amides is 1. The van der Waals surface area contributed by atoms with Gasteiger partial charge in [-0.1, -0.05) is 48.5 Å². The number of nitrogens with two attached hydrogens (primary N) is 1. The molecule has 0 aromatic heterocycles. The molecule has 0 spiro atoms. The Morgan fingerprint density at radius 2 is 1.83 bits per heavy atom. The Balaban J connectivity index is 1.35. The number of para-hydroxylation sites is 1. The van der Waals surface area contributed by atoms with Gasteiger partial charge in [0, 0.05) is 17.3 Å². The number of amides is 2. The molecule has 1 aliphatic carbocycles. The van der Waals surface area contributed by atoms with Gasteiger partial charge in [0.15, 0.2) is 0 Å². The summed E-state index contributed by atoms with van der Waals surface area (Å²) in [5.41, 5.74) is 7.03. The summed E-state index contributed by atoms with van der Waals surface area (Å²) in [6.07, 6.45) is 2.04. The second-order valence-corrected chi connectivity index (χ2v) is 7.89. The molecule has 2 aromatic carbocycles. The van der Waals surface area contributed by atoms with E-state index < -0.39 is 5.91 Å². The van der Waals surface area contributed by atoms with Gasteiger partial charge < -0.3 is 20.7 Å². The molecule has 1 saturated heterocycles. The van der Waals surface area contributed by atoms with Crippen molar-refractivity contribution in [1.29, 1.82) is 5.41 Å². The van der Waals surface area contributed by atoms with Crippen LogP contribution in [0.3, 0.4) is 0 Å². The number of hydrogen-bond acceptors (Lipinski definition) is 5. The van der Waals surface area contributed by atoms with Gasteiger partial charge in [-0.3, -0.25) is 15.0 Å². The van der Waals surface area contributed by atoms with E-state index in [-0.39, 0.29) is 24.2 Å². The average molecular weight is 406 g/mol. The summed E-state index contributed by atoms with van der Waals surface area (Å²) in [6, 6.07) is 17.3. The number of nitrogens with one attached hydrogen (secondary N) is 2. The van der Waals surface area contributed by atoms with Crippen LogP contribution in [0.2, 0.25) is 0 Å². The summed E-state index contributed by atoms with van der Waals surface area (Å²) >= 11 is 0. The van der Waals surface area contributed by atoms with E-state index in [0.717, 1.165) is 18.4 Å². The topological polar surface area (TPSA) is 109 Å². The van der Waals surface area contributed by atoms with Crippen LogP contribution in [0.15, 0.2) is 54.6 Å². The van der Waals surface area contributed by atoms with E-state index in [9.17, 15) is 9.59 Å². The van der Waals surface area contributed by atoms with Gasteiger partial charge in [-0.15, -0.1) is 0 Å². The number of benzene rings is 2. The van der Waals surface area contributed by atoms with Crippen LogP contribution in [0, 0.1) is 11.3 Å². The fourth-order valence-electron chi connectivity index (χ4n) is 4.23. The van der Waals surface area contributed by atoms with E-state index in [0.29, 0.717) is 36.4 Å². The highest BCUT2D eigenvalue weighted by Gasteiger charge is 2.53. The van der Waals surface area contributed by atoms with Crippen molar-refractivity contribution >= 4 is 23.2 Å². The third-order valence-corrected chi connectivity index (χ3v) is 5.79. The van der Waals surface area contributed by atoms with Crippen LogP contribution in [0.4, 0.5) is 5.69 Å². The third-order valence-electron chi connectivity index (χ3n) is 5.79. The van der Waals surface area contributed by atoms with Gasteiger partial charge >= 0.3 is 0 Å². The molecule has 7 nitrogen and oxygen atoms in total. The SMILES string of the molecule is N=C(C(N)=O)c1ccccc1NCC(=O)N1C(COCc2ccccc2)CC2CC21. The predicted octanol–water partition coefficient (Wildman–Crippen LogP) is 2.16. The first-order valence-electron chi connectivity index (χ1n) is 10.2. The number of hydrogen-bond donors (Lipinski definition) is 3. The molecule has 4 N–H and O–H groups in total. The molecule has 7 heteroatoms. The molecule has 30 heavy (non-hydrogen) atoms. The van der Waals surface area contributed by atoms with Crippen LogP contribution in [-0.2, 0) is 20.9 Å². The number of fused-ring (bicyclic) bond motifs is 1. The van der Waals surface area contributed by atoms with Crippen molar-refractivity contribution in [3.8, 4) is 0 Å². The van der Waals surface area contributed by atoms with Crippen molar-refractivity contribution in [2.75, 3.05) is 18.5 Å². The molecular weight excluding hydrogens is 380 g/mol. The lowest BCUT2D eigenvalue weighted by molar-refractivity contribution is -0.132. The number of likely N-dealkylation sites (tertiary alicyclic amines) is 1. The van der Waals surface area contributed by atoms with E-state index in [1.165, 1.54) is 0 Å². The Labute approximate surface area is 175 Å². The molecule has 3 atom stereocenters. The van der Waals surface area contributed by atoms with Crippen molar-refractivity contribution in [3.63, 3.8) is 0 Å². The Morgan fingerprint density at radius 1 is 1.10 bits per heavy atom. The minimum Gasteiger partial charge on any atom is -0.376 e. The molecule has 4 rings (SSSR count). The summed E-state index contributed by atoms with van der Waals surface area (Å²) in [4.78, 5) is 26.3. The molecule has 1 saturated carbocycles. The lowest BCUT2D eigenvalue weighted by atomic mass is 10.1. The van der Waals surface area contributed by atoms with Crippen molar-refractivity contribution < 1.29 is 14.3 Å². The second kappa shape index (κ2) is 8.67. The zero-order valence-electron chi connectivity index (χ0n) is 16.7. The molecule has 1 aliphatic heterocycles. The maximum atomic E-state index is 13.0. The van der Waals surface area contributed by atoms with Gasteiger partial charge in [0.2, 0.25) is 5.91 Å². The number of carbonyl (C=O) groups excluding carboxylic acids is 2. The van der Waals surface area contributed by atoms with E-state index in [4.69, 9.17) is 15.9 Å². The largest absolute Gasteiger partial charge is 0.376 e. The van der Waals surface area contributed by atoms with Gasteiger partial charge in [-0.2, -0.15) is 0 Å². The van der Waals surface area contributed by atoms with Crippen LogP contribution < -0.4 is 11.1 Å². The normalized spacial score (nSPS) is 21.7. The summed E-state index contributed by atoms with van der Waals surface area (Å²) in [7, 11) is 0. The van der Waals surface area contributed by atoms with Crippen molar-refractivity contribution in [2.24, 2.45) is 11.7 Å². The zero-order valence-corrected chi connectivity index (χ0v) is 16.7. The summed E-state index contributed by atoms with van der Waals surface area (Å²) < 4.78 is 5.90. The van der Waals surface area contributed by atoms with Crippen LogP contribution in [0.25, 0.3) is 0 Å². The molecule has 2 fully saturated rings.